The van der Waals surface area contributed by atoms with Crippen LogP contribution in [0.5, 0.6) is 5.75 Å². The molecule has 2 amide bonds. The van der Waals surface area contributed by atoms with Crippen LogP contribution in [0, 0.1) is 11.7 Å². The van der Waals surface area contributed by atoms with Crippen LogP contribution in [0.15, 0.2) is 48.5 Å². The number of ether oxygens (including phenoxy) is 1. The number of nitrogens with zero attached hydrogens (tertiary/aromatic N) is 3. The molecule has 7 heteroatoms. The van der Waals surface area contributed by atoms with Crippen LogP contribution in [0.4, 0.5) is 4.39 Å². The molecule has 0 N–H and O–H groups in total. The van der Waals surface area contributed by atoms with E-state index in [2.05, 4.69) is 17.0 Å². The second-order valence-corrected chi connectivity index (χ2v) is 8.88. The zero-order chi connectivity index (χ0) is 23.2. The van der Waals surface area contributed by atoms with Gasteiger partial charge in [0.1, 0.15) is 11.6 Å². The maximum Gasteiger partial charge on any atom is 0.253 e. The Kier molecular flexibility index (Phi) is 7.60. The Hall–Kier alpha value is -2.93. The van der Waals surface area contributed by atoms with E-state index in [0.717, 1.165) is 44.9 Å². The second kappa shape index (κ2) is 10.8. The zero-order valence-corrected chi connectivity index (χ0v) is 19.2. The first-order valence-corrected chi connectivity index (χ1v) is 11.7. The summed E-state index contributed by atoms with van der Waals surface area (Å²) in [5.74, 6) is 0.600. The summed E-state index contributed by atoms with van der Waals surface area (Å²) in [5, 5.41) is 0. The molecule has 0 aromatic heterocycles. The summed E-state index contributed by atoms with van der Waals surface area (Å²) in [5.41, 5.74) is 1.74. The van der Waals surface area contributed by atoms with Crippen molar-refractivity contribution in [2.45, 2.75) is 25.8 Å². The van der Waals surface area contributed by atoms with Crippen molar-refractivity contribution in [3.63, 3.8) is 0 Å². The van der Waals surface area contributed by atoms with Gasteiger partial charge in [-0.3, -0.25) is 14.5 Å². The van der Waals surface area contributed by atoms with Crippen molar-refractivity contribution in [1.82, 2.24) is 14.7 Å². The smallest absolute Gasteiger partial charge is 0.253 e. The van der Waals surface area contributed by atoms with E-state index < -0.39 is 0 Å². The van der Waals surface area contributed by atoms with Crippen LogP contribution in [-0.2, 0) is 11.3 Å². The minimum Gasteiger partial charge on any atom is -0.497 e. The maximum absolute atomic E-state index is 13.2. The molecule has 176 valence electrons. The number of hydrogen-bond donors (Lipinski definition) is 0. The van der Waals surface area contributed by atoms with E-state index in [0.29, 0.717) is 31.5 Å². The van der Waals surface area contributed by atoms with Gasteiger partial charge < -0.3 is 14.5 Å². The summed E-state index contributed by atoms with van der Waals surface area (Å²) in [6, 6.07) is 13.8. The lowest BCUT2D eigenvalue weighted by Crippen LogP contribution is -2.45. The Balaban J connectivity index is 1.25. The van der Waals surface area contributed by atoms with Crippen LogP contribution in [0.3, 0.4) is 0 Å². The Bertz CT molecular complexity index is 940. The van der Waals surface area contributed by atoms with Crippen LogP contribution < -0.4 is 4.74 Å². The molecular weight excluding hydrogens is 421 g/mol. The number of likely N-dealkylation sites (tertiary alicyclic amines) is 1. The second-order valence-electron chi connectivity index (χ2n) is 8.88. The Labute approximate surface area is 194 Å². The van der Waals surface area contributed by atoms with E-state index in [1.54, 1.807) is 12.0 Å². The molecule has 0 unspecified atom stereocenters. The predicted molar refractivity (Wildman–Crippen MR) is 124 cm³/mol. The van der Waals surface area contributed by atoms with Gasteiger partial charge in [0.15, 0.2) is 0 Å². The normalized spacial score (nSPS) is 18.1. The van der Waals surface area contributed by atoms with Gasteiger partial charge in [-0.1, -0.05) is 12.1 Å². The fraction of sp³-hybridized carbons (Fsp3) is 0.462. The summed E-state index contributed by atoms with van der Waals surface area (Å²) in [4.78, 5) is 32.0. The van der Waals surface area contributed by atoms with Gasteiger partial charge in [0.25, 0.3) is 5.91 Å². The molecular formula is C26H32FN3O3. The number of amides is 2. The molecule has 0 atom stereocenters. The standard InChI is InChI=1S/C26H32FN3O3/c1-33-24-9-3-20(4-10-24)19-28-13-2-14-29(18-17-28)26(32)22-11-15-30(16-12-22)25(31)21-5-7-23(27)8-6-21/h3-10,22H,2,11-19H2,1H3. The SMILES string of the molecule is COc1ccc(CN2CCCN(C(=O)C3CCN(C(=O)c4ccc(F)cc4)CC3)CC2)cc1. The molecule has 0 aliphatic carbocycles. The Morgan fingerprint density at radius 1 is 0.879 bits per heavy atom. The Morgan fingerprint density at radius 2 is 1.58 bits per heavy atom. The third-order valence-corrected chi connectivity index (χ3v) is 6.69. The van der Waals surface area contributed by atoms with Crippen LogP contribution in [0.2, 0.25) is 0 Å². The fourth-order valence-corrected chi connectivity index (χ4v) is 4.70. The zero-order valence-electron chi connectivity index (χ0n) is 19.2. The van der Waals surface area contributed by atoms with Gasteiger partial charge in [0.05, 0.1) is 7.11 Å². The highest BCUT2D eigenvalue weighted by Gasteiger charge is 2.31. The van der Waals surface area contributed by atoms with Crippen molar-refractivity contribution in [2.75, 3.05) is 46.4 Å². The van der Waals surface area contributed by atoms with Crippen molar-refractivity contribution in [3.8, 4) is 5.75 Å². The molecule has 4 rings (SSSR count). The van der Waals surface area contributed by atoms with Gasteiger partial charge in [-0.25, -0.2) is 4.39 Å². The van der Waals surface area contributed by atoms with Crippen molar-refractivity contribution in [2.24, 2.45) is 5.92 Å². The van der Waals surface area contributed by atoms with Gasteiger partial charge in [0, 0.05) is 57.3 Å². The average Bonchev–Trinajstić information content (AvgIpc) is 3.10. The first-order chi connectivity index (χ1) is 16.0. The molecule has 0 saturated carbocycles. The number of rotatable bonds is 5. The molecule has 2 aromatic rings. The highest BCUT2D eigenvalue weighted by atomic mass is 19.1. The lowest BCUT2D eigenvalue weighted by Gasteiger charge is -2.34. The van der Waals surface area contributed by atoms with Crippen LogP contribution in [0.1, 0.15) is 35.2 Å². The number of carbonyl (C=O) groups excluding carboxylic acids is 2. The van der Waals surface area contributed by atoms with E-state index >= 15 is 0 Å². The highest BCUT2D eigenvalue weighted by Crippen LogP contribution is 2.22. The molecule has 0 bridgehead atoms. The van der Waals surface area contributed by atoms with Crippen molar-refractivity contribution in [3.05, 3.63) is 65.5 Å². The first kappa shape index (κ1) is 23.2. The molecule has 2 saturated heterocycles. The van der Waals surface area contributed by atoms with Gasteiger partial charge in [0.2, 0.25) is 5.91 Å². The topological polar surface area (TPSA) is 53.1 Å². The highest BCUT2D eigenvalue weighted by molar-refractivity contribution is 5.94. The van der Waals surface area contributed by atoms with E-state index in [1.807, 2.05) is 17.0 Å². The molecule has 2 aliphatic rings. The first-order valence-electron chi connectivity index (χ1n) is 11.7. The lowest BCUT2D eigenvalue weighted by molar-refractivity contribution is -0.136. The monoisotopic (exact) mass is 453 g/mol. The molecule has 33 heavy (non-hydrogen) atoms. The molecule has 2 fully saturated rings. The number of piperidine rings is 1. The minimum atomic E-state index is -0.351. The number of carbonyl (C=O) groups is 2. The number of benzene rings is 2. The molecule has 0 spiro atoms. The quantitative estimate of drug-likeness (QED) is 0.696. The van der Waals surface area contributed by atoms with Crippen molar-refractivity contribution >= 4 is 11.8 Å². The van der Waals surface area contributed by atoms with Gasteiger partial charge in [-0.2, -0.15) is 0 Å². The number of hydrogen-bond acceptors (Lipinski definition) is 4. The van der Waals surface area contributed by atoms with Gasteiger partial charge >= 0.3 is 0 Å². The Morgan fingerprint density at radius 3 is 2.24 bits per heavy atom. The maximum atomic E-state index is 13.2. The molecule has 2 aliphatic heterocycles. The number of methoxy groups -OCH3 is 1. The fourth-order valence-electron chi connectivity index (χ4n) is 4.70. The van der Waals surface area contributed by atoms with E-state index in [-0.39, 0.29) is 23.5 Å². The third kappa shape index (κ3) is 5.90. The summed E-state index contributed by atoms with van der Waals surface area (Å²) in [6.45, 7) is 5.35. The lowest BCUT2D eigenvalue weighted by atomic mass is 9.94. The van der Waals surface area contributed by atoms with Gasteiger partial charge in [-0.15, -0.1) is 0 Å². The van der Waals surface area contributed by atoms with E-state index in [4.69, 9.17) is 4.74 Å². The molecule has 2 aromatic carbocycles. The summed E-state index contributed by atoms with van der Waals surface area (Å²) < 4.78 is 18.4. The largest absolute Gasteiger partial charge is 0.497 e. The summed E-state index contributed by atoms with van der Waals surface area (Å²) >= 11 is 0. The van der Waals surface area contributed by atoms with Crippen LogP contribution >= 0.6 is 0 Å². The van der Waals surface area contributed by atoms with Crippen molar-refractivity contribution in [1.29, 1.82) is 0 Å². The predicted octanol–water partition coefficient (Wildman–Crippen LogP) is 3.42. The minimum absolute atomic E-state index is 0.0320. The van der Waals surface area contributed by atoms with E-state index in [1.165, 1.54) is 29.8 Å². The third-order valence-electron chi connectivity index (χ3n) is 6.69. The van der Waals surface area contributed by atoms with Crippen LogP contribution in [-0.4, -0.2) is 72.9 Å². The summed E-state index contributed by atoms with van der Waals surface area (Å²) in [6.07, 6.45) is 2.32. The van der Waals surface area contributed by atoms with Gasteiger partial charge in [-0.05, 0) is 61.2 Å². The summed E-state index contributed by atoms with van der Waals surface area (Å²) in [7, 11) is 1.67. The van der Waals surface area contributed by atoms with Crippen molar-refractivity contribution < 1.29 is 18.7 Å². The number of halogens is 1. The molecule has 6 nitrogen and oxygen atoms in total. The molecule has 0 radical (unpaired) electrons. The molecule has 2 heterocycles. The van der Waals surface area contributed by atoms with E-state index in [9.17, 15) is 14.0 Å². The average molecular weight is 454 g/mol. The van der Waals surface area contributed by atoms with Crippen LogP contribution in [0.25, 0.3) is 0 Å².